The van der Waals surface area contributed by atoms with Gasteiger partial charge in [0.25, 0.3) is 0 Å². The molecule has 0 spiro atoms. The number of sulfonamides is 1. The van der Waals surface area contributed by atoms with Gasteiger partial charge in [-0.25, -0.2) is 8.42 Å². The normalized spacial score (nSPS) is 13.5. The van der Waals surface area contributed by atoms with Crippen molar-refractivity contribution < 1.29 is 13.5 Å². The van der Waals surface area contributed by atoms with Gasteiger partial charge >= 0.3 is 0 Å². The molecule has 7 heteroatoms. The van der Waals surface area contributed by atoms with Crippen LogP contribution < -0.4 is 0 Å². The number of aliphatic hydroxyl groups is 1. The second kappa shape index (κ2) is 6.38. The van der Waals surface area contributed by atoms with E-state index in [1.165, 1.54) is 23.5 Å². The van der Waals surface area contributed by atoms with E-state index in [0.29, 0.717) is 12.0 Å². The first kappa shape index (κ1) is 15.7. The van der Waals surface area contributed by atoms with Gasteiger partial charge in [0.15, 0.2) is 0 Å². The number of nitrogens with one attached hydrogen (secondary N) is 1. The van der Waals surface area contributed by atoms with Crippen molar-refractivity contribution in [2.45, 2.75) is 30.9 Å². The van der Waals surface area contributed by atoms with E-state index in [4.69, 9.17) is 0 Å². The van der Waals surface area contributed by atoms with E-state index in [2.05, 4.69) is 10.2 Å². The Labute approximate surface area is 124 Å². The van der Waals surface area contributed by atoms with Crippen molar-refractivity contribution in [1.29, 1.82) is 0 Å². The third kappa shape index (κ3) is 3.49. The molecular formula is C14H19N3O3S. The second-order valence-electron chi connectivity index (χ2n) is 4.86. The van der Waals surface area contributed by atoms with E-state index in [-0.39, 0.29) is 11.4 Å². The summed E-state index contributed by atoms with van der Waals surface area (Å²) in [5.41, 5.74) is 1.39. The van der Waals surface area contributed by atoms with Gasteiger partial charge in [-0.15, -0.1) is 0 Å². The molecule has 0 fully saturated rings. The van der Waals surface area contributed by atoms with Crippen molar-refractivity contribution >= 4 is 10.0 Å². The lowest BCUT2D eigenvalue weighted by atomic mass is 10.1. The maximum absolute atomic E-state index is 12.5. The Morgan fingerprint density at radius 2 is 2.19 bits per heavy atom. The molecule has 6 nitrogen and oxygen atoms in total. The van der Waals surface area contributed by atoms with Crippen LogP contribution in [0.2, 0.25) is 0 Å². The quantitative estimate of drug-likeness (QED) is 0.850. The van der Waals surface area contributed by atoms with Gasteiger partial charge < -0.3 is 5.11 Å². The number of rotatable bonds is 6. The average Bonchev–Trinajstić information content (AvgIpc) is 2.99. The predicted octanol–water partition coefficient (Wildman–Crippen LogP) is 1.67. The molecule has 0 aliphatic rings. The van der Waals surface area contributed by atoms with Gasteiger partial charge in [-0.1, -0.05) is 19.1 Å². The molecule has 2 N–H and O–H groups in total. The van der Waals surface area contributed by atoms with E-state index in [0.717, 1.165) is 5.56 Å². The summed E-state index contributed by atoms with van der Waals surface area (Å²) < 4.78 is 26.3. The maximum atomic E-state index is 12.5. The first-order valence-corrected chi connectivity index (χ1v) is 8.11. The van der Waals surface area contributed by atoms with Gasteiger partial charge in [-0.3, -0.25) is 5.10 Å². The lowest BCUT2D eigenvalue weighted by molar-refractivity contribution is 0.173. The molecule has 0 bridgehead atoms. The highest BCUT2D eigenvalue weighted by Crippen LogP contribution is 2.22. The number of hydrogen-bond donors (Lipinski definition) is 2. The Balaban J connectivity index is 2.26. The molecule has 1 heterocycles. The maximum Gasteiger partial charge on any atom is 0.243 e. The molecule has 0 aliphatic carbocycles. The highest BCUT2D eigenvalue weighted by Gasteiger charge is 2.22. The van der Waals surface area contributed by atoms with Crippen LogP contribution in [0.1, 0.15) is 30.6 Å². The zero-order valence-corrected chi connectivity index (χ0v) is 12.8. The second-order valence-corrected chi connectivity index (χ2v) is 6.91. The van der Waals surface area contributed by atoms with Crippen LogP contribution in [0.5, 0.6) is 0 Å². The van der Waals surface area contributed by atoms with Gasteiger partial charge in [-0.05, 0) is 24.1 Å². The summed E-state index contributed by atoms with van der Waals surface area (Å²) in [5, 5.41) is 16.3. The minimum atomic E-state index is -3.60. The highest BCUT2D eigenvalue weighted by molar-refractivity contribution is 7.89. The van der Waals surface area contributed by atoms with Crippen LogP contribution in [0.25, 0.3) is 0 Å². The zero-order valence-electron chi connectivity index (χ0n) is 12.0. The molecule has 2 rings (SSSR count). The lowest BCUT2D eigenvalue weighted by Gasteiger charge is -2.17. The fourth-order valence-corrected chi connectivity index (χ4v) is 3.22. The third-order valence-electron chi connectivity index (χ3n) is 3.30. The monoisotopic (exact) mass is 309 g/mol. The summed E-state index contributed by atoms with van der Waals surface area (Å²) in [5.74, 6) is 0. The predicted molar refractivity (Wildman–Crippen MR) is 78.9 cm³/mol. The molecule has 1 unspecified atom stereocenters. The van der Waals surface area contributed by atoms with Gasteiger partial charge in [0.05, 0.1) is 17.2 Å². The Morgan fingerprint density at radius 3 is 2.81 bits per heavy atom. The van der Waals surface area contributed by atoms with Crippen molar-refractivity contribution in [3.05, 3.63) is 47.8 Å². The van der Waals surface area contributed by atoms with Crippen LogP contribution in [0.3, 0.4) is 0 Å². The summed E-state index contributed by atoms with van der Waals surface area (Å²) in [6, 6.07) is 6.43. The fourth-order valence-electron chi connectivity index (χ4n) is 2.00. The summed E-state index contributed by atoms with van der Waals surface area (Å²) in [6.07, 6.45) is 3.13. The molecule has 0 amide bonds. The number of aromatic nitrogens is 2. The van der Waals surface area contributed by atoms with Crippen molar-refractivity contribution in [2.75, 3.05) is 7.05 Å². The molecule has 0 saturated heterocycles. The topological polar surface area (TPSA) is 86.3 Å². The highest BCUT2D eigenvalue weighted by atomic mass is 32.2. The summed E-state index contributed by atoms with van der Waals surface area (Å²) in [4.78, 5) is 0.179. The number of hydrogen-bond acceptors (Lipinski definition) is 4. The number of nitrogens with zero attached hydrogens (tertiary/aromatic N) is 2. The standard InChI is InChI=1S/C14H19N3O3S/c1-3-14(18)12-5-4-6-13(7-12)21(19,20)17(2)10-11-8-15-16-9-11/h4-9,14,18H,3,10H2,1-2H3,(H,15,16). The van der Waals surface area contributed by atoms with Crippen LogP contribution in [-0.2, 0) is 16.6 Å². The van der Waals surface area contributed by atoms with Crippen LogP contribution in [0, 0.1) is 0 Å². The van der Waals surface area contributed by atoms with Gasteiger partial charge in [-0.2, -0.15) is 9.40 Å². The molecule has 114 valence electrons. The van der Waals surface area contributed by atoms with Gasteiger partial charge in [0.1, 0.15) is 0 Å². The zero-order chi connectivity index (χ0) is 15.5. The Bertz CT molecular complexity index is 683. The molecule has 1 aromatic carbocycles. The SMILES string of the molecule is CCC(O)c1cccc(S(=O)(=O)N(C)Cc2cn[nH]c2)c1. The molecule has 0 aliphatic heterocycles. The Hall–Kier alpha value is -1.70. The molecule has 2 aromatic rings. The van der Waals surface area contributed by atoms with E-state index in [1.807, 2.05) is 6.92 Å². The largest absolute Gasteiger partial charge is 0.388 e. The number of aliphatic hydroxyl groups excluding tert-OH is 1. The molecular weight excluding hydrogens is 290 g/mol. The molecule has 1 aromatic heterocycles. The molecule has 1 atom stereocenters. The van der Waals surface area contributed by atoms with E-state index in [1.54, 1.807) is 24.5 Å². The van der Waals surface area contributed by atoms with Crippen LogP contribution in [0.15, 0.2) is 41.6 Å². The van der Waals surface area contributed by atoms with Gasteiger partial charge in [0.2, 0.25) is 10.0 Å². The van der Waals surface area contributed by atoms with Crippen molar-refractivity contribution in [3.8, 4) is 0 Å². The van der Waals surface area contributed by atoms with Crippen molar-refractivity contribution in [2.24, 2.45) is 0 Å². The average molecular weight is 309 g/mol. The molecule has 0 saturated carbocycles. The third-order valence-corrected chi connectivity index (χ3v) is 5.10. The van der Waals surface area contributed by atoms with E-state index >= 15 is 0 Å². The minimum Gasteiger partial charge on any atom is -0.388 e. The van der Waals surface area contributed by atoms with Crippen LogP contribution in [-0.4, -0.2) is 35.1 Å². The molecule has 0 radical (unpaired) electrons. The van der Waals surface area contributed by atoms with Crippen LogP contribution >= 0.6 is 0 Å². The number of benzene rings is 1. The van der Waals surface area contributed by atoms with Crippen molar-refractivity contribution in [3.63, 3.8) is 0 Å². The van der Waals surface area contributed by atoms with E-state index in [9.17, 15) is 13.5 Å². The minimum absolute atomic E-state index is 0.179. The first-order valence-electron chi connectivity index (χ1n) is 6.67. The first-order chi connectivity index (χ1) is 9.95. The summed E-state index contributed by atoms with van der Waals surface area (Å²) in [7, 11) is -2.08. The Kier molecular flexibility index (Phi) is 4.76. The van der Waals surface area contributed by atoms with Crippen LogP contribution in [0.4, 0.5) is 0 Å². The lowest BCUT2D eigenvalue weighted by Crippen LogP contribution is -2.26. The van der Waals surface area contributed by atoms with Crippen molar-refractivity contribution in [1.82, 2.24) is 14.5 Å². The molecule has 21 heavy (non-hydrogen) atoms. The summed E-state index contributed by atoms with van der Waals surface area (Å²) >= 11 is 0. The fraction of sp³-hybridized carbons (Fsp3) is 0.357. The van der Waals surface area contributed by atoms with Gasteiger partial charge in [0, 0.05) is 25.4 Å². The number of aromatic amines is 1. The summed E-state index contributed by atoms with van der Waals surface area (Å²) in [6.45, 7) is 2.08. The van der Waals surface area contributed by atoms with E-state index < -0.39 is 16.1 Å². The smallest absolute Gasteiger partial charge is 0.243 e. The Morgan fingerprint density at radius 1 is 1.43 bits per heavy atom. The number of H-pyrrole nitrogens is 1.